The zero-order valence-electron chi connectivity index (χ0n) is 10.3. The second-order valence-electron chi connectivity index (χ2n) is 3.68. The molecule has 0 amide bonds. The smallest absolute Gasteiger partial charge is 0.272 e. The Morgan fingerprint density at radius 2 is 2.00 bits per heavy atom. The number of alkyl halides is 2. The van der Waals surface area contributed by atoms with E-state index < -0.39 is 13.0 Å². The third-order valence-corrected chi connectivity index (χ3v) is 1.96. The van der Waals surface area contributed by atoms with Crippen LogP contribution in [0.1, 0.15) is 5.56 Å². The third-order valence-electron chi connectivity index (χ3n) is 1.96. The predicted octanol–water partition coefficient (Wildman–Crippen LogP) is 0.859. The molecule has 1 rings (SSSR count). The molecule has 6 N–H and O–H groups in total. The number of aryl methyl sites for hydroxylation is 1. The van der Waals surface area contributed by atoms with Gasteiger partial charge in [-0.05, 0) is 24.6 Å². The van der Waals surface area contributed by atoms with Gasteiger partial charge in [-0.15, -0.1) is 0 Å². The molecule has 0 atom stereocenters. The summed E-state index contributed by atoms with van der Waals surface area (Å²) in [5.74, 6) is -0.254. The number of hydrogen-bond acceptors (Lipinski definition) is 2. The van der Waals surface area contributed by atoms with Crippen molar-refractivity contribution >= 4 is 17.6 Å². The molecule has 0 unspecified atom stereocenters. The van der Waals surface area contributed by atoms with Crippen LogP contribution in [0, 0.1) is 6.92 Å². The van der Waals surface area contributed by atoms with Crippen molar-refractivity contribution in [1.29, 1.82) is 0 Å². The molecule has 0 aliphatic rings. The second kappa shape index (κ2) is 6.53. The number of halogens is 2. The van der Waals surface area contributed by atoms with Gasteiger partial charge in [0, 0.05) is 0 Å². The van der Waals surface area contributed by atoms with Crippen LogP contribution in [0.2, 0.25) is 0 Å². The van der Waals surface area contributed by atoms with Crippen LogP contribution in [0.4, 0.5) is 14.5 Å². The average molecular weight is 271 g/mol. The monoisotopic (exact) mass is 271 g/mol. The van der Waals surface area contributed by atoms with Crippen molar-refractivity contribution in [3.8, 4) is 5.75 Å². The SMILES string of the molecule is Cc1ccc(OCC(F)F)c(N=C(N)N=C(N)N)c1. The first-order valence-electron chi connectivity index (χ1n) is 5.34. The van der Waals surface area contributed by atoms with Crippen LogP contribution in [-0.4, -0.2) is 25.0 Å². The number of hydrogen-bond donors (Lipinski definition) is 3. The van der Waals surface area contributed by atoms with Gasteiger partial charge >= 0.3 is 0 Å². The van der Waals surface area contributed by atoms with Crippen LogP contribution in [-0.2, 0) is 0 Å². The topological polar surface area (TPSA) is 112 Å². The normalized spacial score (nSPS) is 11.5. The Morgan fingerprint density at radius 1 is 1.32 bits per heavy atom. The molecule has 1 aromatic carbocycles. The minimum absolute atomic E-state index is 0.180. The molecule has 0 spiro atoms. The summed E-state index contributed by atoms with van der Waals surface area (Å²) in [5.41, 5.74) is 16.9. The zero-order valence-corrected chi connectivity index (χ0v) is 10.3. The fraction of sp³-hybridized carbons (Fsp3) is 0.273. The van der Waals surface area contributed by atoms with E-state index in [4.69, 9.17) is 21.9 Å². The van der Waals surface area contributed by atoms with Gasteiger partial charge in [-0.3, -0.25) is 0 Å². The van der Waals surface area contributed by atoms with Gasteiger partial charge in [0.1, 0.15) is 18.0 Å². The van der Waals surface area contributed by atoms with Crippen LogP contribution < -0.4 is 21.9 Å². The van der Waals surface area contributed by atoms with Gasteiger partial charge in [0.25, 0.3) is 6.43 Å². The number of aliphatic imine (C=N–C) groups is 2. The highest BCUT2D eigenvalue weighted by atomic mass is 19.3. The Morgan fingerprint density at radius 3 is 2.58 bits per heavy atom. The fourth-order valence-electron chi connectivity index (χ4n) is 1.27. The maximum atomic E-state index is 12.1. The van der Waals surface area contributed by atoms with Gasteiger partial charge < -0.3 is 21.9 Å². The molecule has 6 nitrogen and oxygen atoms in total. The van der Waals surface area contributed by atoms with Crippen molar-refractivity contribution in [2.24, 2.45) is 27.2 Å². The lowest BCUT2D eigenvalue weighted by Gasteiger charge is -2.09. The standard InChI is InChI=1S/C11H15F2N5O/c1-6-2-3-8(19-5-9(12)13)7(4-6)17-11(16)18-10(14)15/h2-4,9H,5H2,1H3,(H6,14,15,16,17,18). The molecule has 1 aromatic rings. The maximum Gasteiger partial charge on any atom is 0.272 e. The molecule has 0 radical (unpaired) electrons. The summed E-state index contributed by atoms with van der Waals surface area (Å²) >= 11 is 0. The Kier molecular flexibility index (Phi) is 5.04. The minimum atomic E-state index is -2.58. The highest BCUT2D eigenvalue weighted by molar-refractivity contribution is 5.93. The number of benzene rings is 1. The van der Waals surface area contributed by atoms with Crippen LogP contribution in [0.5, 0.6) is 5.75 Å². The predicted molar refractivity (Wildman–Crippen MR) is 69.8 cm³/mol. The maximum absolute atomic E-state index is 12.1. The summed E-state index contributed by atoms with van der Waals surface area (Å²) in [4.78, 5) is 7.45. The molecule has 19 heavy (non-hydrogen) atoms. The van der Waals surface area contributed by atoms with Gasteiger partial charge in [0.15, 0.2) is 5.96 Å². The lowest BCUT2D eigenvalue weighted by molar-refractivity contribution is 0.0822. The number of guanidine groups is 2. The molecule has 0 heterocycles. The number of ether oxygens (including phenoxy) is 1. The lowest BCUT2D eigenvalue weighted by atomic mass is 10.2. The van der Waals surface area contributed by atoms with Gasteiger partial charge in [-0.1, -0.05) is 6.07 Å². The van der Waals surface area contributed by atoms with E-state index in [0.29, 0.717) is 0 Å². The van der Waals surface area contributed by atoms with Crippen molar-refractivity contribution in [1.82, 2.24) is 0 Å². The van der Waals surface area contributed by atoms with E-state index in [-0.39, 0.29) is 23.4 Å². The van der Waals surface area contributed by atoms with Gasteiger partial charge in [0.05, 0.1) is 0 Å². The summed E-state index contributed by atoms with van der Waals surface area (Å²) in [6.45, 7) is 1.08. The van der Waals surface area contributed by atoms with E-state index in [1.165, 1.54) is 6.07 Å². The minimum Gasteiger partial charge on any atom is -0.485 e. The average Bonchev–Trinajstić information content (AvgIpc) is 2.26. The van der Waals surface area contributed by atoms with E-state index in [2.05, 4.69) is 9.98 Å². The van der Waals surface area contributed by atoms with Crippen LogP contribution in [0.15, 0.2) is 28.2 Å². The first kappa shape index (κ1) is 14.7. The van der Waals surface area contributed by atoms with Crippen molar-refractivity contribution in [3.05, 3.63) is 23.8 Å². The first-order valence-corrected chi connectivity index (χ1v) is 5.34. The molecule has 0 saturated carbocycles. The zero-order chi connectivity index (χ0) is 14.4. The van der Waals surface area contributed by atoms with Crippen LogP contribution in [0.3, 0.4) is 0 Å². The van der Waals surface area contributed by atoms with Crippen molar-refractivity contribution in [3.63, 3.8) is 0 Å². The molecule has 8 heteroatoms. The second-order valence-corrected chi connectivity index (χ2v) is 3.68. The first-order chi connectivity index (χ1) is 8.88. The Labute approximate surface area is 109 Å². The molecular formula is C11H15F2N5O. The fourth-order valence-corrected chi connectivity index (χ4v) is 1.27. The van der Waals surface area contributed by atoms with Gasteiger partial charge in [-0.2, -0.15) is 4.99 Å². The molecule has 0 fully saturated rings. The van der Waals surface area contributed by atoms with Crippen LogP contribution in [0.25, 0.3) is 0 Å². The Bertz CT molecular complexity index is 498. The summed E-state index contributed by atoms with van der Waals surface area (Å²) in [7, 11) is 0. The summed E-state index contributed by atoms with van der Waals surface area (Å²) in [5, 5.41) is 0. The Balaban J connectivity index is 3.03. The summed E-state index contributed by atoms with van der Waals surface area (Å²) in [6.07, 6.45) is -2.58. The number of nitrogens with two attached hydrogens (primary N) is 3. The van der Waals surface area contributed by atoms with Gasteiger partial charge in [-0.25, -0.2) is 13.8 Å². The van der Waals surface area contributed by atoms with E-state index in [1.54, 1.807) is 12.1 Å². The highest BCUT2D eigenvalue weighted by Gasteiger charge is 2.08. The quantitative estimate of drug-likeness (QED) is 0.556. The number of rotatable bonds is 4. The molecule has 0 saturated heterocycles. The molecule has 0 aliphatic heterocycles. The number of nitrogens with zero attached hydrogens (tertiary/aromatic N) is 2. The molecule has 0 aromatic heterocycles. The van der Waals surface area contributed by atoms with Gasteiger partial charge in [0.2, 0.25) is 5.96 Å². The van der Waals surface area contributed by atoms with Crippen molar-refractivity contribution < 1.29 is 13.5 Å². The van der Waals surface area contributed by atoms with E-state index in [0.717, 1.165) is 5.56 Å². The van der Waals surface area contributed by atoms with E-state index in [9.17, 15) is 8.78 Å². The van der Waals surface area contributed by atoms with Crippen molar-refractivity contribution in [2.75, 3.05) is 6.61 Å². The van der Waals surface area contributed by atoms with E-state index in [1.807, 2.05) is 6.92 Å². The molecule has 104 valence electrons. The van der Waals surface area contributed by atoms with E-state index >= 15 is 0 Å². The van der Waals surface area contributed by atoms with Crippen molar-refractivity contribution in [2.45, 2.75) is 13.3 Å². The highest BCUT2D eigenvalue weighted by Crippen LogP contribution is 2.29. The molecular weight excluding hydrogens is 256 g/mol. The lowest BCUT2D eigenvalue weighted by Crippen LogP contribution is -2.26. The summed E-state index contributed by atoms with van der Waals surface area (Å²) in [6, 6.07) is 4.85. The molecule has 0 bridgehead atoms. The third kappa shape index (κ3) is 5.19. The summed E-state index contributed by atoms with van der Waals surface area (Å²) < 4.78 is 29.2. The van der Waals surface area contributed by atoms with Crippen LogP contribution >= 0.6 is 0 Å². The molecule has 0 aliphatic carbocycles. The largest absolute Gasteiger partial charge is 0.485 e. The Hall–Kier alpha value is -2.38.